The zero-order chi connectivity index (χ0) is 16.3. The molecule has 1 N–H and O–H groups in total. The molecule has 0 amide bonds. The lowest BCUT2D eigenvalue weighted by atomic mass is 10.2. The monoisotopic (exact) mass is 331 g/mol. The summed E-state index contributed by atoms with van der Waals surface area (Å²) in [6.07, 6.45) is 0. The van der Waals surface area contributed by atoms with Crippen LogP contribution in [0.5, 0.6) is 0 Å². The third-order valence-electron chi connectivity index (χ3n) is 2.84. The van der Waals surface area contributed by atoms with Crippen LogP contribution in [0.4, 0.5) is 0 Å². The van der Waals surface area contributed by atoms with Crippen molar-refractivity contribution in [3.05, 3.63) is 24.3 Å². The molecule has 0 aliphatic rings. The quantitative estimate of drug-likeness (QED) is 0.810. The molecule has 0 fully saturated rings. The van der Waals surface area contributed by atoms with Gasteiger partial charge in [-0.2, -0.15) is 9.57 Å². The van der Waals surface area contributed by atoms with Crippen LogP contribution in [0.3, 0.4) is 0 Å². The van der Waals surface area contributed by atoms with E-state index in [2.05, 4.69) is 4.72 Å². The third kappa shape index (κ3) is 4.01. The Morgan fingerprint density at radius 2 is 1.86 bits per heavy atom. The summed E-state index contributed by atoms with van der Waals surface area (Å²) in [5.41, 5.74) is 0. The summed E-state index contributed by atoms with van der Waals surface area (Å²) in [6, 6.07) is 7.03. The van der Waals surface area contributed by atoms with Gasteiger partial charge in [-0.25, -0.2) is 21.6 Å². The summed E-state index contributed by atoms with van der Waals surface area (Å²) in [7, 11) is -4.97. The van der Waals surface area contributed by atoms with Crippen LogP contribution in [0, 0.1) is 17.2 Å². The van der Waals surface area contributed by atoms with Gasteiger partial charge in [0.2, 0.25) is 20.0 Å². The standard InChI is InChI=1S/C12H17N3O4S2/c1-10(8-13)9-15(3)21(18,19)12-6-4-5-11(7-12)20(16,17)14-2/h4-7,10,14H,9H2,1-3H3/t10-/m0/s1. The molecule has 1 aromatic carbocycles. The third-order valence-corrected chi connectivity index (χ3v) is 6.08. The van der Waals surface area contributed by atoms with Crippen LogP contribution in [-0.4, -0.2) is 41.8 Å². The maximum atomic E-state index is 12.4. The zero-order valence-electron chi connectivity index (χ0n) is 11.9. The van der Waals surface area contributed by atoms with Crippen LogP contribution in [0.1, 0.15) is 6.92 Å². The summed E-state index contributed by atoms with van der Waals surface area (Å²) >= 11 is 0. The number of hydrogen-bond donors (Lipinski definition) is 1. The smallest absolute Gasteiger partial charge is 0.214 e. The molecule has 0 spiro atoms. The first-order valence-electron chi connectivity index (χ1n) is 6.04. The fraction of sp³-hybridized carbons (Fsp3) is 0.417. The molecular formula is C12H17N3O4S2. The largest absolute Gasteiger partial charge is 0.242 e. The van der Waals surface area contributed by atoms with E-state index in [0.29, 0.717) is 0 Å². The van der Waals surface area contributed by atoms with Crippen molar-refractivity contribution < 1.29 is 16.8 Å². The minimum atomic E-state index is -3.85. The molecule has 0 saturated carbocycles. The van der Waals surface area contributed by atoms with Crippen LogP contribution in [0.15, 0.2) is 34.1 Å². The lowest BCUT2D eigenvalue weighted by Gasteiger charge is -2.18. The number of rotatable bonds is 6. The Kier molecular flexibility index (Phi) is 5.47. The Hall–Kier alpha value is -1.47. The van der Waals surface area contributed by atoms with Crippen LogP contribution in [0.25, 0.3) is 0 Å². The Balaban J connectivity index is 3.22. The van der Waals surface area contributed by atoms with Gasteiger partial charge in [0.25, 0.3) is 0 Å². The van der Waals surface area contributed by atoms with Gasteiger partial charge in [0.05, 0.1) is 21.8 Å². The second-order valence-electron chi connectivity index (χ2n) is 4.50. The van der Waals surface area contributed by atoms with Crippen molar-refractivity contribution in [3.8, 4) is 6.07 Å². The molecule has 0 radical (unpaired) electrons. The van der Waals surface area contributed by atoms with Crippen molar-refractivity contribution >= 4 is 20.0 Å². The predicted octanol–water partition coefficient (Wildman–Crippen LogP) is 0.375. The maximum Gasteiger partial charge on any atom is 0.242 e. The van der Waals surface area contributed by atoms with E-state index in [0.717, 1.165) is 10.4 Å². The number of hydrogen-bond acceptors (Lipinski definition) is 5. The van der Waals surface area contributed by atoms with Crippen molar-refractivity contribution in [1.29, 1.82) is 5.26 Å². The van der Waals surface area contributed by atoms with Gasteiger partial charge >= 0.3 is 0 Å². The second-order valence-corrected chi connectivity index (χ2v) is 8.43. The highest BCUT2D eigenvalue weighted by Gasteiger charge is 2.24. The summed E-state index contributed by atoms with van der Waals surface area (Å²) in [5, 5.41) is 8.74. The molecule has 116 valence electrons. The molecule has 1 rings (SSSR count). The first-order valence-corrected chi connectivity index (χ1v) is 8.97. The lowest BCUT2D eigenvalue weighted by molar-refractivity contribution is 0.439. The maximum absolute atomic E-state index is 12.4. The van der Waals surface area contributed by atoms with Crippen molar-refractivity contribution in [1.82, 2.24) is 9.03 Å². The molecule has 0 unspecified atom stereocenters. The second kappa shape index (κ2) is 6.53. The van der Waals surface area contributed by atoms with E-state index >= 15 is 0 Å². The summed E-state index contributed by atoms with van der Waals surface area (Å²) in [4.78, 5) is -0.265. The molecule has 0 bridgehead atoms. The van der Waals surface area contributed by atoms with Crippen molar-refractivity contribution in [2.45, 2.75) is 16.7 Å². The topological polar surface area (TPSA) is 107 Å². The van der Waals surface area contributed by atoms with Crippen molar-refractivity contribution in [3.63, 3.8) is 0 Å². The van der Waals surface area contributed by atoms with E-state index in [1.54, 1.807) is 6.92 Å². The first-order chi connectivity index (χ1) is 9.65. The highest BCUT2D eigenvalue weighted by Crippen LogP contribution is 2.19. The minimum absolute atomic E-state index is 0.0296. The lowest BCUT2D eigenvalue weighted by Crippen LogP contribution is -2.31. The highest BCUT2D eigenvalue weighted by atomic mass is 32.2. The van der Waals surface area contributed by atoms with Crippen LogP contribution in [0.2, 0.25) is 0 Å². The van der Waals surface area contributed by atoms with E-state index in [9.17, 15) is 16.8 Å². The van der Waals surface area contributed by atoms with Gasteiger partial charge in [0.1, 0.15) is 0 Å². The average Bonchev–Trinajstić information content (AvgIpc) is 2.47. The normalized spacial score (nSPS) is 13.9. The fourth-order valence-electron chi connectivity index (χ4n) is 1.62. The number of benzene rings is 1. The molecule has 0 saturated heterocycles. The molecule has 0 aromatic heterocycles. The average molecular weight is 331 g/mol. The number of nitrogens with one attached hydrogen (secondary N) is 1. The molecule has 0 aliphatic heterocycles. The number of nitrogens with zero attached hydrogens (tertiary/aromatic N) is 2. The zero-order valence-corrected chi connectivity index (χ0v) is 13.6. The van der Waals surface area contributed by atoms with E-state index in [4.69, 9.17) is 5.26 Å². The van der Waals surface area contributed by atoms with E-state index < -0.39 is 26.0 Å². The summed E-state index contributed by atoms with van der Waals surface area (Å²) < 4.78 is 51.3. The van der Waals surface area contributed by atoms with Gasteiger partial charge in [0.15, 0.2) is 0 Å². The fourth-order valence-corrected chi connectivity index (χ4v) is 3.78. The van der Waals surface area contributed by atoms with Crippen LogP contribution < -0.4 is 4.72 Å². The van der Waals surface area contributed by atoms with E-state index in [1.165, 1.54) is 32.3 Å². The Labute approximate surface area is 125 Å². The Morgan fingerprint density at radius 3 is 2.38 bits per heavy atom. The van der Waals surface area contributed by atoms with Crippen molar-refractivity contribution in [2.24, 2.45) is 5.92 Å². The van der Waals surface area contributed by atoms with Crippen LogP contribution in [-0.2, 0) is 20.0 Å². The summed E-state index contributed by atoms with van der Waals surface area (Å²) in [6.45, 7) is 1.63. The Morgan fingerprint density at radius 1 is 1.29 bits per heavy atom. The highest BCUT2D eigenvalue weighted by molar-refractivity contribution is 7.90. The van der Waals surface area contributed by atoms with Gasteiger partial charge in [-0.3, -0.25) is 0 Å². The van der Waals surface area contributed by atoms with E-state index in [1.807, 2.05) is 6.07 Å². The van der Waals surface area contributed by atoms with Crippen molar-refractivity contribution in [2.75, 3.05) is 20.6 Å². The summed E-state index contributed by atoms with van der Waals surface area (Å²) in [5.74, 6) is -0.464. The van der Waals surface area contributed by atoms with Gasteiger partial charge < -0.3 is 0 Å². The SMILES string of the molecule is CNS(=O)(=O)c1cccc(S(=O)(=O)N(C)C[C@@H](C)C#N)c1. The molecular weight excluding hydrogens is 314 g/mol. The van der Waals surface area contributed by atoms with Crippen LogP contribution >= 0.6 is 0 Å². The molecule has 21 heavy (non-hydrogen) atoms. The first kappa shape index (κ1) is 17.6. The molecule has 7 nitrogen and oxygen atoms in total. The van der Waals surface area contributed by atoms with Gasteiger partial charge in [-0.15, -0.1) is 0 Å². The molecule has 0 aliphatic carbocycles. The van der Waals surface area contributed by atoms with Gasteiger partial charge in [-0.1, -0.05) is 6.07 Å². The van der Waals surface area contributed by atoms with E-state index in [-0.39, 0.29) is 16.3 Å². The van der Waals surface area contributed by atoms with Gasteiger partial charge in [0, 0.05) is 13.6 Å². The molecule has 1 aromatic rings. The number of sulfonamides is 2. The molecule has 1 atom stereocenters. The predicted molar refractivity (Wildman–Crippen MR) is 77.3 cm³/mol. The molecule has 0 heterocycles. The molecule has 9 heteroatoms. The number of nitriles is 1. The Bertz CT molecular complexity index is 751. The minimum Gasteiger partial charge on any atom is -0.214 e. The van der Waals surface area contributed by atoms with Gasteiger partial charge in [-0.05, 0) is 32.2 Å².